The monoisotopic (exact) mass is 402 g/mol. The SMILES string of the molecule is CC(=O)Oc1cc([N+](=O)[O-])c(Cl)cc1C(=O)Nc1cc(Cl)ccc1Cl. The second-order valence-electron chi connectivity index (χ2n) is 4.73. The molecule has 1 amide bonds. The molecule has 2 aromatic rings. The van der Waals surface area contributed by atoms with Gasteiger partial charge in [-0.05, 0) is 24.3 Å². The lowest BCUT2D eigenvalue weighted by atomic mass is 10.1. The summed E-state index contributed by atoms with van der Waals surface area (Å²) < 4.78 is 4.88. The zero-order valence-electron chi connectivity index (χ0n) is 12.5. The number of hydrogen-bond donors (Lipinski definition) is 1. The van der Waals surface area contributed by atoms with Gasteiger partial charge >= 0.3 is 5.97 Å². The second kappa shape index (κ2) is 7.69. The van der Waals surface area contributed by atoms with Gasteiger partial charge in [-0.25, -0.2) is 0 Å². The van der Waals surface area contributed by atoms with Gasteiger partial charge in [-0.2, -0.15) is 0 Å². The third-order valence-electron chi connectivity index (χ3n) is 2.92. The van der Waals surface area contributed by atoms with Crippen molar-refractivity contribution in [3.63, 3.8) is 0 Å². The molecule has 2 rings (SSSR count). The fraction of sp³-hybridized carbons (Fsp3) is 0.0667. The quantitative estimate of drug-likeness (QED) is 0.344. The highest BCUT2D eigenvalue weighted by Gasteiger charge is 2.23. The van der Waals surface area contributed by atoms with Crippen LogP contribution in [-0.4, -0.2) is 16.8 Å². The lowest BCUT2D eigenvalue weighted by Gasteiger charge is -2.11. The average Bonchev–Trinajstić information content (AvgIpc) is 2.51. The van der Waals surface area contributed by atoms with E-state index in [2.05, 4.69) is 5.32 Å². The van der Waals surface area contributed by atoms with E-state index in [1.54, 1.807) is 0 Å². The summed E-state index contributed by atoms with van der Waals surface area (Å²) in [5.41, 5.74) is -0.473. The van der Waals surface area contributed by atoms with Crippen molar-refractivity contribution in [2.24, 2.45) is 0 Å². The van der Waals surface area contributed by atoms with E-state index in [0.717, 1.165) is 19.1 Å². The van der Waals surface area contributed by atoms with Crippen LogP contribution in [0, 0.1) is 10.1 Å². The van der Waals surface area contributed by atoms with Gasteiger partial charge in [-0.3, -0.25) is 19.7 Å². The standard InChI is InChI=1S/C15H9Cl3N2O5/c1-7(21)25-14-6-13(20(23)24)11(18)5-9(14)15(22)19-12-4-8(16)2-3-10(12)17/h2-6H,1H3,(H,19,22). The van der Waals surface area contributed by atoms with Crippen molar-refractivity contribution in [1.82, 2.24) is 0 Å². The van der Waals surface area contributed by atoms with Gasteiger partial charge in [0, 0.05) is 11.9 Å². The Bertz CT molecular complexity index is 886. The van der Waals surface area contributed by atoms with Crippen LogP contribution in [0.3, 0.4) is 0 Å². The number of amides is 1. The molecule has 25 heavy (non-hydrogen) atoms. The summed E-state index contributed by atoms with van der Waals surface area (Å²) in [5, 5.41) is 13.7. The average molecular weight is 404 g/mol. The predicted molar refractivity (Wildman–Crippen MR) is 93.8 cm³/mol. The van der Waals surface area contributed by atoms with E-state index >= 15 is 0 Å². The summed E-state index contributed by atoms with van der Waals surface area (Å²) in [5.74, 6) is -1.80. The molecule has 0 saturated carbocycles. The number of nitrogens with one attached hydrogen (secondary N) is 1. The number of benzene rings is 2. The van der Waals surface area contributed by atoms with Crippen LogP contribution in [0.1, 0.15) is 17.3 Å². The van der Waals surface area contributed by atoms with E-state index in [9.17, 15) is 19.7 Å². The van der Waals surface area contributed by atoms with E-state index in [4.69, 9.17) is 39.5 Å². The lowest BCUT2D eigenvalue weighted by molar-refractivity contribution is -0.384. The minimum absolute atomic E-state index is 0.179. The number of carbonyl (C=O) groups is 2. The molecule has 0 aliphatic rings. The Morgan fingerprint density at radius 3 is 2.40 bits per heavy atom. The topological polar surface area (TPSA) is 98.5 Å². The molecule has 130 valence electrons. The first-order valence-electron chi connectivity index (χ1n) is 6.61. The first-order chi connectivity index (χ1) is 11.7. The first-order valence-corrected chi connectivity index (χ1v) is 7.75. The molecule has 0 spiro atoms. The summed E-state index contributed by atoms with van der Waals surface area (Å²) in [6.45, 7) is 1.09. The zero-order chi connectivity index (χ0) is 18.7. The summed E-state index contributed by atoms with van der Waals surface area (Å²) in [4.78, 5) is 33.9. The van der Waals surface area contributed by atoms with Crippen LogP contribution in [0.15, 0.2) is 30.3 Å². The molecule has 0 aromatic heterocycles. The van der Waals surface area contributed by atoms with Crippen LogP contribution in [0.25, 0.3) is 0 Å². The maximum Gasteiger partial charge on any atom is 0.308 e. The third-order valence-corrected chi connectivity index (χ3v) is 3.79. The van der Waals surface area contributed by atoms with Gasteiger partial charge in [-0.1, -0.05) is 34.8 Å². The van der Waals surface area contributed by atoms with Gasteiger partial charge in [0.15, 0.2) is 5.75 Å². The normalized spacial score (nSPS) is 10.2. The minimum Gasteiger partial charge on any atom is -0.426 e. The third kappa shape index (κ3) is 4.60. The molecule has 0 heterocycles. The Balaban J connectivity index is 2.47. The number of rotatable bonds is 4. The van der Waals surface area contributed by atoms with Crippen molar-refractivity contribution in [2.75, 3.05) is 5.32 Å². The van der Waals surface area contributed by atoms with Crippen LogP contribution in [0.4, 0.5) is 11.4 Å². The highest BCUT2D eigenvalue weighted by atomic mass is 35.5. The molecule has 0 aliphatic heterocycles. The Morgan fingerprint density at radius 1 is 1.12 bits per heavy atom. The van der Waals surface area contributed by atoms with Gasteiger partial charge in [0.05, 0.1) is 27.3 Å². The number of nitro benzene ring substituents is 1. The molecule has 2 aromatic carbocycles. The summed E-state index contributed by atoms with van der Waals surface area (Å²) in [7, 11) is 0. The zero-order valence-corrected chi connectivity index (χ0v) is 14.8. The van der Waals surface area contributed by atoms with Gasteiger partial charge in [0.2, 0.25) is 0 Å². The smallest absolute Gasteiger partial charge is 0.308 e. The fourth-order valence-corrected chi connectivity index (χ4v) is 2.45. The number of anilines is 1. The van der Waals surface area contributed by atoms with Crippen LogP contribution in [0.5, 0.6) is 5.75 Å². The molecule has 0 fully saturated rings. The minimum atomic E-state index is -0.759. The van der Waals surface area contributed by atoms with E-state index in [0.29, 0.717) is 5.02 Å². The van der Waals surface area contributed by atoms with Crippen molar-refractivity contribution in [1.29, 1.82) is 0 Å². The maximum atomic E-state index is 12.5. The van der Waals surface area contributed by atoms with E-state index in [1.165, 1.54) is 18.2 Å². The van der Waals surface area contributed by atoms with Crippen molar-refractivity contribution < 1.29 is 19.2 Å². The molecule has 0 unspecified atom stereocenters. The molecule has 7 nitrogen and oxygen atoms in total. The van der Waals surface area contributed by atoms with E-state index in [-0.39, 0.29) is 27.0 Å². The van der Waals surface area contributed by atoms with Gasteiger partial charge in [0.25, 0.3) is 11.6 Å². The van der Waals surface area contributed by atoms with Gasteiger partial charge < -0.3 is 10.1 Å². The molecule has 0 bridgehead atoms. The van der Waals surface area contributed by atoms with Crippen LogP contribution in [0.2, 0.25) is 15.1 Å². The van der Waals surface area contributed by atoms with Crippen molar-refractivity contribution in [3.8, 4) is 5.75 Å². The molecule has 1 N–H and O–H groups in total. The number of esters is 1. The second-order valence-corrected chi connectivity index (χ2v) is 5.98. The Morgan fingerprint density at radius 2 is 1.80 bits per heavy atom. The summed E-state index contributed by atoms with van der Waals surface area (Å²) in [6, 6.07) is 6.37. The summed E-state index contributed by atoms with van der Waals surface area (Å²) >= 11 is 17.7. The molecule has 0 saturated heterocycles. The van der Waals surface area contributed by atoms with Crippen LogP contribution < -0.4 is 10.1 Å². The fourth-order valence-electron chi connectivity index (χ4n) is 1.88. The predicted octanol–water partition coefficient (Wildman–Crippen LogP) is 4.73. The van der Waals surface area contributed by atoms with Crippen molar-refractivity contribution in [2.45, 2.75) is 6.92 Å². The Labute approximate surface area is 156 Å². The highest BCUT2D eigenvalue weighted by Crippen LogP contribution is 2.34. The van der Waals surface area contributed by atoms with Crippen LogP contribution >= 0.6 is 34.8 Å². The number of carbonyl (C=O) groups excluding carboxylic acids is 2. The lowest BCUT2D eigenvalue weighted by Crippen LogP contribution is -2.15. The first kappa shape index (κ1) is 19.0. The van der Waals surface area contributed by atoms with Gasteiger partial charge in [-0.15, -0.1) is 0 Å². The van der Waals surface area contributed by atoms with Crippen LogP contribution in [-0.2, 0) is 4.79 Å². The van der Waals surface area contributed by atoms with Crippen molar-refractivity contribution >= 4 is 58.1 Å². The van der Waals surface area contributed by atoms with E-state index < -0.39 is 22.5 Å². The number of nitro groups is 1. The Kier molecular flexibility index (Phi) is 5.84. The molecule has 0 atom stereocenters. The molecule has 0 radical (unpaired) electrons. The number of ether oxygens (including phenoxy) is 1. The maximum absolute atomic E-state index is 12.5. The largest absolute Gasteiger partial charge is 0.426 e. The summed E-state index contributed by atoms with van der Waals surface area (Å²) in [6.07, 6.45) is 0. The molecular formula is C15H9Cl3N2O5. The molecule has 0 aliphatic carbocycles. The van der Waals surface area contributed by atoms with E-state index in [1.807, 2.05) is 0 Å². The van der Waals surface area contributed by atoms with Gasteiger partial charge in [0.1, 0.15) is 5.02 Å². The van der Waals surface area contributed by atoms with Crippen molar-refractivity contribution in [3.05, 3.63) is 61.1 Å². The number of halogens is 3. The Hall–Kier alpha value is -2.35. The highest BCUT2D eigenvalue weighted by molar-refractivity contribution is 6.36. The number of nitrogens with zero attached hydrogens (tertiary/aromatic N) is 1. The molecular weight excluding hydrogens is 395 g/mol. The molecule has 10 heteroatoms. The number of hydrogen-bond acceptors (Lipinski definition) is 5.